The molecule has 15 heavy (non-hydrogen) atoms. The molecule has 0 aromatic carbocycles. The van der Waals surface area contributed by atoms with Crippen LogP contribution < -0.4 is 0 Å². The van der Waals surface area contributed by atoms with E-state index in [1.165, 1.54) is 0 Å². The maximum Gasteiger partial charge on any atom is 0.0453 e. The van der Waals surface area contributed by atoms with E-state index in [0.29, 0.717) is 25.0 Å². The van der Waals surface area contributed by atoms with Crippen molar-refractivity contribution in [1.29, 1.82) is 0 Å². The van der Waals surface area contributed by atoms with Crippen LogP contribution in [0.3, 0.4) is 0 Å². The Balaban J connectivity index is -0.0000000318. The molecule has 4 N–H and O–H groups in total. The van der Waals surface area contributed by atoms with Gasteiger partial charge in [0.15, 0.2) is 0 Å². The molecule has 0 saturated heterocycles. The van der Waals surface area contributed by atoms with E-state index in [9.17, 15) is 0 Å². The predicted molar refractivity (Wildman–Crippen MR) is 60.1 cm³/mol. The Hall–Kier alpha value is 0.710. The van der Waals surface area contributed by atoms with Crippen LogP contribution in [0.15, 0.2) is 0 Å². The van der Waals surface area contributed by atoms with Crippen molar-refractivity contribution in [2.75, 3.05) is 27.4 Å². The molecule has 0 aliphatic rings. The maximum atomic E-state index is 8.14. The van der Waals surface area contributed by atoms with Gasteiger partial charge in [-0.05, 0) is 11.8 Å². The van der Waals surface area contributed by atoms with Crippen LogP contribution in [0.4, 0.5) is 0 Å². The van der Waals surface area contributed by atoms with Crippen LogP contribution >= 0.6 is 0 Å². The molecule has 0 unspecified atom stereocenters. The number of rotatable bonds is 2. The van der Waals surface area contributed by atoms with Crippen LogP contribution in [0, 0.1) is 11.8 Å². The van der Waals surface area contributed by atoms with Gasteiger partial charge in [0.05, 0.1) is 0 Å². The molecule has 0 atom stereocenters. The zero-order chi connectivity index (χ0) is 12.6. The van der Waals surface area contributed by atoms with Gasteiger partial charge >= 0.3 is 0 Å². The molecule has 0 saturated carbocycles. The Bertz CT molecular complexity index is 53.4. The third kappa shape index (κ3) is 107. The van der Waals surface area contributed by atoms with Crippen molar-refractivity contribution < 1.29 is 46.3 Å². The van der Waals surface area contributed by atoms with Gasteiger partial charge < -0.3 is 20.4 Å². The summed E-state index contributed by atoms with van der Waals surface area (Å²) in [5.74, 6) is 0.880. The number of hydrogen-bond acceptors (Lipinski definition) is 4. The first-order valence-corrected chi connectivity index (χ1v) is 4.65. The fourth-order valence-electron chi connectivity index (χ4n) is 0. The van der Waals surface area contributed by atoms with Crippen LogP contribution in [0.25, 0.3) is 0 Å². The number of aliphatic hydroxyl groups is 4. The normalized spacial score (nSPS) is 7.20. The maximum absolute atomic E-state index is 8.14. The summed E-state index contributed by atoms with van der Waals surface area (Å²) in [6.07, 6.45) is 0. The van der Waals surface area contributed by atoms with Crippen LogP contribution in [0.2, 0.25) is 0 Å². The Morgan fingerprint density at radius 3 is 0.733 bits per heavy atom. The van der Waals surface area contributed by atoms with E-state index in [1.807, 2.05) is 27.7 Å². The van der Waals surface area contributed by atoms with E-state index < -0.39 is 0 Å². The second kappa shape index (κ2) is 36.4. The molecular formula is C10H28HfO4. The van der Waals surface area contributed by atoms with Crippen LogP contribution in [-0.2, 0) is 25.8 Å². The van der Waals surface area contributed by atoms with E-state index in [1.54, 1.807) is 0 Å². The van der Waals surface area contributed by atoms with Crippen molar-refractivity contribution in [3.63, 3.8) is 0 Å². The summed E-state index contributed by atoms with van der Waals surface area (Å²) in [5.41, 5.74) is 0. The van der Waals surface area contributed by atoms with Gasteiger partial charge in [-0.15, -0.1) is 0 Å². The average molecular weight is 391 g/mol. The minimum atomic E-state index is 0. The first kappa shape index (κ1) is 29.6. The standard InChI is InChI=1S/2C4H10O.2CH4O.Hf/c2*1-4(2)3-5;2*1-2;/h2*4-5H,3H2,1-2H3;2*2H,1H3;. The molecule has 0 aromatic rings. The largest absolute Gasteiger partial charge is 0.400 e. The van der Waals surface area contributed by atoms with Gasteiger partial charge in [-0.3, -0.25) is 0 Å². The Morgan fingerprint density at radius 1 is 0.667 bits per heavy atom. The third-order valence-electron chi connectivity index (χ3n) is 0.730. The van der Waals surface area contributed by atoms with E-state index in [2.05, 4.69) is 0 Å². The number of hydrogen-bond donors (Lipinski definition) is 4. The SMILES string of the molecule is CC(C)CO.CC(C)CO.CO.CO.[Hf]. The summed E-state index contributed by atoms with van der Waals surface area (Å²) in [5, 5.41) is 30.3. The van der Waals surface area contributed by atoms with Gasteiger partial charge in [0.25, 0.3) is 0 Å². The van der Waals surface area contributed by atoms with E-state index in [4.69, 9.17) is 20.4 Å². The smallest absolute Gasteiger partial charge is 0.0453 e. The molecule has 0 aliphatic carbocycles. The molecule has 4 nitrogen and oxygen atoms in total. The summed E-state index contributed by atoms with van der Waals surface area (Å²) in [6, 6.07) is 0. The summed E-state index contributed by atoms with van der Waals surface area (Å²) < 4.78 is 0. The fourth-order valence-corrected chi connectivity index (χ4v) is 0. The molecule has 0 radical (unpaired) electrons. The van der Waals surface area contributed by atoms with E-state index in [0.717, 1.165) is 14.2 Å². The van der Waals surface area contributed by atoms with Gasteiger partial charge in [-0.25, -0.2) is 0 Å². The third-order valence-corrected chi connectivity index (χ3v) is 0.730. The monoisotopic (exact) mass is 392 g/mol. The Kier molecular flexibility index (Phi) is 72.0. The topological polar surface area (TPSA) is 80.9 Å². The first-order valence-electron chi connectivity index (χ1n) is 4.65. The van der Waals surface area contributed by atoms with Crippen molar-refractivity contribution in [2.45, 2.75) is 27.7 Å². The van der Waals surface area contributed by atoms with Gasteiger partial charge in [0.2, 0.25) is 0 Å². The van der Waals surface area contributed by atoms with Crippen LogP contribution in [0.5, 0.6) is 0 Å². The molecule has 0 spiro atoms. The Labute approximate surface area is 113 Å². The number of aliphatic hydroxyl groups excluding tert-OH is 4. The predicted octanol–water partition coefficient (Wildman–Crippen LogP) is 0.484. The van der Waals surface area contributed by atoms with Gasteiger partial charge in [0.1, 0.15) is 0 Å². The molecule has 0 rings (SSSR count). The average Bonchev–Trinajstić information content (AvgIpc) is 2.24. The minimum absolute atomic E-state index is 0. The van der Waals surface area contributed by atoms with Crippen LogP contribution in [-0.4, -0.2) is 47.9 Å². The zero-order valence-corrected chi connectivity index (χ0v) is 14.5. The molecule has 0 heterocycles. The molecule has 0 fully saturated rings. The van der Waals surface area contributed by atoms with Crippen molar-refractivity contribution in [3.8, 4) is 0 Å². The minimum Gasteiger partial charge on any atom is -0.400 e. The quantitative estimate of drug-likeness (QED) is 0.517. The van der Waals surface area contributed by atoms with Crippen molar-refractivity contribution in [2.24, 2.45) is 11.8 Å². The van der Waals surface area contributed by atoms with Crippen molar-refractivity contribution in [3.05, 3.63) is 0 Å². The van der Waals surface area contributed by atoms with Crippen LogP contribution in [0.1, 0.15) is 27.7 Å². The fraction of sp³-hybridized carbons (Fsp3) is 1.00. The molecule has 0 aliphatic heterocycles. The van der Waals surface area contributed by atoms with Crippen molar-refractivity contribution >= 4 is 0 Å². The molecule has 5 heteroatoms. The molecule has 0 amide bonds. The second-order valence-electron chi connectivity index (χ2n) is 3.15. The van der Waals surface area contributed by atoms with E-state index >= 15 is 0 Å². The summed E-state index contributed by atoms with van der Waals surface area (Å²) in [6.45, 7) is 8.50. The molecule has 0 aromatic heterocycles. The Morgan fingerprint density at radius 2 is 0.733 bits per heavy atom. The first-order chi connectivity index (χ1) is 6.54. The molecule has 0 bridgehead atoms. The zero-order valence-electron chi connectivity index (χ0n) is 10.9. The summed E-state index contributed by atoms with van der Waals surface area (Å²) in [7, 11) is 2.00. The molecule has 96 valence electrons. The second-order valence-corrected chi connectivity index (χ2v) is 3.15. The van der Waals surface area contributed by atoms with Crippen molar-refractivity contribution in [1.82, 2.24) is 0 Å². The molecular weight excluding hydrogens is 363 g/mol. The van der Waals surface area contributed by atoms with Gasteiger partial charge in [-0.1, -0.05) is 27.7 Å². The van der Waals surface area contributed by atoms with E-state index in [-0.39, 0.29) is 25.8 Å². The van der Waals surface area contributed by atoms with Gasteiger partial charge in [0, 0.05) is 53.3 Å². The summed E-state index contributed by atoms with van der Waals surface area (Å²) in [4.78, 5) is 0. The summed E-state index contributed by atoms with van der Waals surface area (Å²) >= 11 is 0. The van der Waals surface area contributed by atoms with Gasteiger partial charge in [-0.2, -0.15) is 0 Å².